The lowest BCUT2D eigenvalue weighted by molar-refractivity contribution is -0.115. The van der Waals surface area contributed by atoms with Gasteiger partial charge in [0.1, 0.15) is 5.82 Å². The number of halogens is 2. The number of amides is 1. The Labute approximate surface area is 155 Å². The molecule has 0 saturated carbocycles. The Hall–Kier alpha value is -1.68. The van der Waals surface area contributed by atoms with Crippen molar-refractivity contribution >= 4 is 52.9 Å². The van der Waals surface area contributed by atoms with Crippen LogP contribution in [-0.2, 0) is 11.3 Å². The molecule has 0 radical (unpaired) electrons. The average molecular weight is 448 g/mol. The van der Waals surface area contributed by atoms with Gasteiger partial charge in [0.2, 0.25) is 5.91 Å². The van der Waals surface area contributed by atoms with Crippen molar-refractivity contribution in [2.75, 3.05) is 18.9 Å². The molecule has 0 unspecified atom stereocenters. The van der Waals surface area contributed by atoms with Crippen LogP contribution in [0, 0.1) is 5.82 Å². The third-order valence-electron chi connectivity index (χ3n) is 2.78. The van der Waals surface area contributed by atoms with Crippen molar-refractivity contribution in [1.29, 1.82) is 0 Å². The van der Waals surface area contributed by atoms with Crippen molar-refractivity contribution in [2.45, 2.75) is 6.54 Å². The van der Waals surface area contributed by atoms with E-state index in [1.165, 1.54) is 29.1 Å². The summed E-state index contributed by atoms with van der Waals surface area (Å²) in [7, 11) is 1.64. The van der Waals surface area contributed by atoms with Gasteiger partial charge < -0.3 is 16.0 Å². The maximum atomic E-state index is 12.8. The summed E-state index contributed by atoms with van der Waals surface area (Å²) in [6, 6.07) is 9.61. The summed E-state index contributed by atoms with van der Waals surface area (Å²) in [5.41, 5.74) is 0.551. The lowest BCUT2D eigenvalue weighted by Gasteiger charge is -2.11. The van der Waals surface area contributed by atoms with Gasteiger partial charge in [0.25, 0.3) is 0 Å². The summed E-state index contributed by atoms with van der Waals surface area (Å²) >= 11 is 1.65. The Morgan fingerprint density at radius 2 is 1.96 bits per heavy atom. The van der Waals surface area contributed by atoms with Crippen LogP contribution in [0.15, 0.2) is 46.8 Å². The molecule has 0 saturated heterocycles. The number of guanidine groups is 1. The Balaban J connectivity index is 0.00000264. The largest absolute Gasteiger partial charge is 0.352 e. The molecule has 23 heavy (non-hydrogen) atoms. The minimum atomic E-state index is -0.339. The van der Waals surface area contributed by atoms with Crippen LogP contribution in [0.2, 0.25) is 0 Å². The number of aliphatic imine (C=N–C) groups is 1. The molecule has 0 bridgehead atoms. The number of carbonyl (C=O) groups excluding carboxylic acids is 1. The number of nitrogens with one attached hydrogen (secondary N) is 3. The highest BCUT2D eigenvalue weighted by Crippen LogP contribution is 2.08. The van der Waals surface area contributed by atoms with Gasteiger partial charge in [-0.2, -0.15) is 0 Å². The standard InChI is InChI=1S/C15H17FN4OS.HI/c1-17-15(18-9-13-3-2-8-22-13)19-10-14(21)20-12-6-4-11(16)5-7-12;/h2-8H,9-10H2,1H3,(H,20,21)(H2,17,18,19);1H. The van der Waals surface area contributed by atoms with E-state index in [2.05, 4.69) is 20.9 Å². The normalized spacial score (nSPS) is 10.6. The second kappa shape index (κ2) is 10.2. The molecular formula is C15H18FIN4OS. The number of rotatable bonds is 5. The molecule has 0 atom stereocenters. The predicted molar refractivity (Wildman–Crippen MR) is 103 cm³/mol. The Bertz CT molecular complexity index is 631. The van der Waals surface area contributed by atoms with E-state index in [0.29, 0.717) is 18.2 Å². The van der Waals surface area contributed by atoms with E-state index in [4.69, 9.17) is 0 Å². The molecule has 1 amide bonds. The van der Waals surface area contributed by atoms with E-state index in [1.54, 1.807) is 18.4 Å². The fourth-order valence-electron chi connectivity index (χ4n) is 1.71. The van der Waals surface area contributed by atoms with Crippen LogP contribution in [0.25, 0.3) is 0 Å². The highest BCUT2D eigenvalue weighted by Gasteiger charge is 2.04. The van der Waals surface area contributed by atoms with Crippen molar-refractivity contribution in [3.63, 3.8) is 0 Å². The molecule has 2 aromatic rings. The summed E-state index contributed by atoms with van der Waals surface area (Å²) < 4.78 is 12.8. The predicted octanol–water partition coefficient (Wildman–Crippen LogP) is 2.81. The summed E-state index contributed by atoms with van der Waals surface area (Å²) in [6.45, 7) is 0.721. The third kappa shape index (κ3) is 6.95. The molecule has 3 N–H and O–H groups in total. The molecule has 124 valence electrons. The van der Waals surface area contributed by atoms with E-state index in [0.717, 1.165) is 0 Å². The monoisotopic (exact) mass is 448 g/mol. The van der Waals surface area contributed by atoms with Crippen molar-refractivity contribution in [3.05, 3.63) is 52.5 Å². The van der Waals surface area contributed by atoms with Gasteiger partial charge in [-0.15, -0.1) is 35.3 Å². The zero-order chi connectivity index (χ0) is 15.8. The molecule has 1 aromatic heterocycles. The number of benzene rings is 1. The summed E-state index contributed by atoms with van der Waals surface area (Å²) in [6.07, 6.45) is 0. The van der Waals surface area contributed by atoms with Crippen molar-refractivity contribution < 1.29 is 9.18 Å². The van der Waals surface area contributed by atoms with E-state index in [9.17, 15) is 9.18 Å². The molecule has 5 nitrogen and oxygen atoms in total. The highest BCUT2D eigenvalue weighted by atomic mass is 127. The molecule has 1 heterocycles. The number of hydrogen-bond acceptors (Lipinski definition) is 3. The van der Waals surface area contributed by atoms with Gasteiger partial charge in [-0.3, -0.25) is 9.79 Å². The maximum Gasteiger partial charge on any atom is 0.243 e. The van der Waals surface area contributed by atoms with E-state index in [1.807, 2.05) is 17.5 Å². The molecule has 0 fully saturated rings. The van der Waals surface area contributed by atoms with Gasteiger partial charge in [0.05, 0.1) is 13.1 Å². The smallest absolute Gasteiger partial charge is 0.243 e. The Morgan fingerprint density at radius 1 is 1.22 bits per heavy atom. The molecule has 0 aliphatic rings. The Kier molecular flexibility index (Phi) is 8.56. The lowest BCUT2D eigenvalue weighted by atomic mass is 10.3. The summed E-state index contributed by atoms with van der Waals surface area (Å²) in [5.74, 6) is -0.0253. The molecule has 2 rings (SSSR count). The first-order chi connectivity index (χ1) is 10.7. The van der Waals surface area contributed by atoms with Crippen molar-refractivity contribution in [2.24, 2.45) is 4.99 Å². The minimum absolute atomic E-state index is 0. The number of nitrogens with zero attached hydrogens (tertiary/aromatic N) is 1. The van der Waals surface area contributed by atoms with Crippen molar-refractivity contribution in [3.8, 4) is 0 Å². The van der Waals surface area contributed by atoms with Gasteiger partial charge >= 0.3 is 0 Å². The number of anilines is 1. The fraction of sp³-hybridized carbons (Fsp3) is 0.200. The topological polar surface area (TPSA) is 65.5 Å². The maximum absolute atomic E-state index is 12.8. The molecule has 0 aliphatic heterocycles. The molecular weight excluding hydrogens is 430 g/mol. The molecule has 0 aliphatic carbocycles. The van der Waals surface area contributed by atoms with Gasteiger partial charge in [-0.25, -0.2) is 4.39 Å². The Morgan fingerprint density at radius 3 is 2.57 bits per heavy atom. The lowest BCUT2D eigenvalue weighted by Crippen LogP contribution is -2.40. The molecule has 1 aromatic carbocycles. The van der Waals surface area contributed by atoms with Crippen LogP contribution in [0.1, 0.15) is 4.88 Å². The average Bonchev–Trinajstić information content (AvgIpc) is 3.03. The molecule has 0 spiro atoms. The molecule has 8 heteroatoms. The van der Waals surface area contributed by atoms with Crippen LogP contribution in [0.4, 0.5) is 10.1 Å². The minimum Gasteiger partial charge on any atom is -0.352 e. The number of thiophene rings is 1. The van der Waals surface area contributed by atoms with Gasteiger partial charge in [-0.05, 0) is 35.7 Å². The summed E-state index contributed by atoms with van der Waals surface area (Å²) in [5, 5.41) is 10.7. The summed E-state index contributed by atoms with van der Waals surface area (Å²) in [4.78, 5) is 17.0. The van der Waals surface area contributed by atoms with Crippen molar-refractivity contribution in [1.82, 2.24) is 10.6 Å². The van der Waals surface area contributed by atoms with Gasteiger partial charge in [0.15, 0.2) is 5.96 Å². The first-order valence-corrected chi connectivity index (χ1v) is 7.57. The zero-order valence-corrected chi connectivity index (χ0v) is 15.7. The van der Waals surface area contributed by atoms with E-state index < -0.39 is 0 Å². The second-order valence-electron chi connectivity index (χ2n) is 4.41. The number of hydrogen-bond donors (Lipinski definition) is 3. The van der Waals surface area contributed by atoms with Crippen LogP contribution in [0.5, 0.6) is 0 Å². The van der Waals surface area contributed by atoms with E-state index >= 15 is 0 Å². The van der Waals surface area contributed by atoms with Gasteiger partial charge in [-0.1, -0.05) is 6.07 Å². The first kappa shape index (κ1) is 19.4. The van der Waals surface area contributed by atoms with E-state index in [-0.39, 0.29) is 42.2 Å². The fourth-order valence-corrected chi connectivity index (χ4v) is 2.35. The van der Waals surface area contributed by atoms with Crippen LogP contribution in [-0.4, -0.2) is 25.5 Å². The highest BCUT2D eigenvalue weighted by molar-refractivity contribution is 14.0. The van der Waals surface area contributed by atoms with Gasteiger partial charge in [0, 0.05) is 17.6 Å². The van der Waals surface area contributed by atoms with Crippen LogP contribution in [0.3, 0.4) is 0 Å². The second-order valence-corrected chi connectivity index (χ2v) is 5.45. The SMILES string of the molecule is CN=C(NCC(=O)Nc1ccc(F)cc1)NCc1cccs1.I. The number of carbonyl (C=O) groups is 1. The zero-order valence-electron chi connectivity index (χ0n) is 12.5. The van der Waals surface area contributed by atoms with Crippen LogP contribution >= 0.6 is 35.3 Å². The van der Waals surface area contributed by atoms with Crippen LogP contribution < -0.4 is 16.0 Å². The first-order valence-electron chi connectivity index (χ1n) is 6.69. The third-order valence-corrected chi connectivity index (χ3v) is 3.65. The quantitative estimate of drug-likeness (QED) is 0.375.